The van der Waals surface area contributed by atoms with Gasteiger partial charge in [-0.3, -0.25) is 14.5 Å². The highest BCUT2D eigenvalue weighted by Gasteiger charge is 2.21. The Morgan fingerprint density at radius 1 is 1.23 bits per heavy atom. The molecule has 0 saturated heterocycles. The smallest absolute Gasteiger partial charge is 0.313 e. The molecule has 0 aliphatic carbocycles. The van der Waals surface area contributed by atoms with Gasteiger partial charge in [0.2, 0.25) is 0 Å². The number of ether oxygens (including phenoxy) is 1. The predicted octanol–water partition coefficient (Wildman–Crippen LogP) is 1.70. The Balaban J connectivity index is 2.02. The quantitative estimate of drug-likeness (QED) is 0.771. The summed E-state index contributed by atoms with van der Waals surface area (Å²) in [6, 6.07) is 9.28. The molecule has 2 rings (SSSR count). The average molecular weight is 358 g/mol. The lowest BCUT2D eigenvalue weighted by Gasteiger charge is -2.25. The monoisotopic (exact) mass is 358 g/mol. The molecule has 7 heteroatoms. The molecule has 140 valence electrons. The molecule has 1 unspecified atom stereocenters. The standard InChI is InChI=1S/C19H26N4O3/c1-13-8-9-17(26-5)14(11-13)21-19(25)18(24)20-12-16(22(2)3)15-7-6-10-23(15)4/h6-11,16H,12H2,1-5H3,(H,20,24)(H,21,25). The van der Waals surface area contributed by atoms with E-state index in [1.807, 2.05) is 61.9 Å². The lowest BCUT2D eigenvalue weighted by atomic mass is 10.2. The summed E-state index contributed by atoms with van der Waals surface area (Å²) in [6.45, 7) is 2.22. The molecular weight excluding hydrogens is 332 g/mol. The van der Waals surface area contributed by atoms with Crippen LogP contribution in [0.15, 0.2) is 36.5 Å². The third-order valence-corrected chi connectivity index (χ3v) is 4.21. The van der Waals surface area contributed by atoms with Crippen LogP contribution in [0.25, 0.3) is 0 Å². The van der Waals surface area contributed by atoms with E-state index in [9.17, 15) is 9.59 Å². The fourth-order valence-electron chi connectivity index (χ4n) is 2.74. The van der Waals surface area contributed by atoms with E-state index >= 15 is 0 Å². The van der Waals surface area contributed by atoms with Crippen LogP contribution in [0.2, 0.25) is 0 Å². The zero-order valence-electron chi connectivity index (χ0n) is 15.9. The van der Waals surface area contributed by atoms with Crippen molar-refractivity contribution in [2.24, 2.45) is 7.05 Å². The van der Waals surface area contributed by atoms with Gasteiger partial charge >= 0.3 is 11.8 Å². The van der Waals surface area contributed by atoms with Crippen LogP contribution in [0.3, 0.4) is 0 Å². The molecule has 7 nitrogen and oxygen atoms in total. The summed E-state index contributed by atoms with van der Waals surface area (Å²) in [5.41, 5.74) is 2.48. The van der Waals surface area contributed by atoms with Gasteiger partial charge in [-0.05, 0) is 50.8 Å². The van der Waals surface area contributed by atoms with Crippen molar-refractivity contribution < 1.29 is 14.3 Å². The van der Waals surface area contributed by atoms with E-state index in [0.717, 1.165) is 11.3 Å². The fraction of sp³-hybridized carbons (Fsp3) is 0.368. The average Bonchev–Trinajstić information content (AvgIpc) is 3.00. The minimum Gasteiger partial charge on any atom is -0.495 e. The summed E-state index contributed by atoms with van der Waals surface area (Å²) in [5.74, 6) is -0.903. The minimum atomic E-state index is -0.724. The van der Waals surface area contributed by atoms with Gasteiger partial charge in [-0.15, -0.1) is 0 Å². The van der Waals surface area contributed by atoms with Gasteiger partial charge in [0.15, 0.2) is 0 Å². The SMILES string of the molecule is COc1ccc(C)cc1NC(=O)C(=O)NCC(c1cccn1C)N(C)C. The summed E-state index contributed by atoms with van der Waals surface area (Å²) < 4.78 is 7.21. The van der Waals surface area contributed by atoms with Gasteiger partial charge in [-0.1, -0.05) is 6.07 Å². The van der Waals surface area contributed by atoms with Crippen LogP contribution in [0.5, 0.6) is 5.75 Å². The van der Waals surface area contributed by atoms with Crippen LogP contribution in [-0.2, 0) is 16.6 Å². The van der Waals surface area contributed by atoms with Gasteiger partial charge in [-0.2, -0.15) is 0 Å². The number of carbonyl (C=O) groups excluding carboxylic acids is 2. The molecule has 0 aliphatic heterocycles. The number of amides is 2. The van der Waals surface area contributed by atoms with Gasteiger partial charge < -0.3 is 19.9 Å². The Morgan fingerprint density at radius 3 is 2.54 bits per heavy atom. The summed E-state index contributed by atoms with van der Waals surface area (Å²) in [4.78, 5) is 26.5. The van der Waals surface area contributed by atoms with Crippen molar-refractivity contribution in [1.82, 2.24) is 14.8 Å². The first-order chi connectivity index (χ1) is 12.3. The Bertz CT molecular complexity index is 783. The van der Waals surface area contributed by atoms with Crippen molar-refractivity contribution in [3.63, 3.8) is 0 Å². The Kier molecular flexibility index (Phi) is 6.41. The third kappa shape index (κ3) is 4.64. The van der Waals surface area contributed by atoms with Gasteiger partial charge in [-0.25, -0.2) is 0 Å². The van der Waals surface area contributed by atoms with Crippen molar-refractivity contribution in [2.75, 3.05) is 33.1 Å². The van der Waals surface area contributed by atoms with Crippen molar-refractivity contribution in [3.05, 3.63) is 47.8 Å². The number of anilines is 1. The summed E-state index contributed by atoms with van der Waals surface area (Å²) in [5, 5.41) is 5.31. The number of benzene rings is 1. The molecule has 2 aromatic rings. The Labute approximate surface area is 153 Å². The largest absolute Gasteiger partial charge is 0.495 e. The van der Waals surface area contributed by atoms with Gasteiger partial charge in [0, 0.05) is 25.5 Å². The third-order valence-electron chi connectivity index (χ3n) is 4.21. The maximum absolute atomic E-state index is 12.2. The van der Waals surface area contributed by atoms with Crippen molar-refractivity contribution in [1.29, 1.82) is 0 Å². The van der Waals surface area contributed by atoms with E-state index in [2.05, 4.69) is 10.6 Å². The van der Waals surface area contributed by atoms with E-state index in [0.29, 0.717) is 18.0 Å². The number of hydrogen-bond acceptors (Lipinski definition) is 4. The zero-order valence-corrected chi connectivity index (χ0v) is 15.9. The number of aryl methyl sites for hydroxylation is 2. The molecule has 0 radical (unpaired) electrons. The number of rotatable bonds is 6. The van der Waals surface area contributed by atoms with Crippen LogP contribution < -0.4 is 15.4 Å². The van der Waals surface area contributed by atoms with Crippen LogP contribution in [0.4, 0.5) is 5.69 Å². The number of hydrogen-bond donors (Lipinski definition) is 2. The molecule has 1 heterocycles. The molecule has 0 fully saturated rings. The Morgan fingerprint density at radius 2 is 1.96 bits per heavy atom. The highest BCUT2D eigenvalue weighted by atomic mass is 16.5. The maximum atomic E-state index is 12.2. The van der Waals surface area contributed by atoms with Gasteiger partial charge in [0.05, 0.1) is 18.8 Å². The molecule has 26 heavy (non-hydrogen) atoms. The molecule has 2 N–H and O–H groups in total. The zero-order chi connectivity index (χ0) is 19.3. The summed E-state index contributed by atoms with van der Waals surface area (Å²) in [7, 11) is 7.33. The van der Waals surface area contributed by atoms with Crippen LogP contribution in [-0.4, -0.2) is 49.0 Å². The lowest BCUT2D eigenvalue weighted by Crippen LogP contribution is -2.40. The lowest BCUT2D eigenvalue weighted by molar-refractivity contribution is -0.136. The van der Waals surface area contributed by atoms with Crippen molar-refractivity contribution in [3.8, 4) is 5.75 Å². The number of likely N-dealkylation sites (N-methyl/N-ethyl adjacent to an activating group) is 1. The second-order valence-corrected chi connectivity index (χ2v) is 6.39. The number of nitrogens with one attached hydrogen (secondary N) is 2. The number of aromatic nitrogens is 1. The van der Waals surface area contributed by atoms with Crippen molar-refractivity contribution in [2.45, 2.75) is 13.0 Å². The van der Waals surface area contributed by atoms with E-state index in [4.69, 9.17) is 4.74 Å². The highest BCUT2D eigenvalue weighted by molar-refractivity contribution is 6.39. The Hall–Kier alpha value is -2.80. The molecular formula is C19H26N4O3. The topological polar surface area (TPSA) is 75.6 Å². The van der Waals surface area contributed by atoms with Gasteiger partial charge in [0.1, 0.15) is 5.75 Å². The normalized spacial score (nSPS) is 11.9. The first kappa shape index (κ1) is 19.5. The maximum Gasteiger partial charge on any atom is 0.313 e. The molecule has 0 aliphatic rings. The van der Waals surface area contributed by atoms with Crippen molar-refractivity contribution >= 4 is 17.5 Å². The second-order valence-electron chi connectivity index (χ2n) is 6.39. The van der Waals surface area contributed by atoms with E-state index in [-0.39, 0.29) is 6.04 Å². The molecule has 1 aromatic carbocycles. The number of nitrogens with zero attached hydrogens (tertiary/aromatic N) is 2. The molecule has 0 spiro atoms. The van der Waals surface area contributed by atoms with E-state index < -0.39 is 11.8 Å². The highest BCUT2D eigenvalue weighted by Crippen LogP contribution is 2.25. The first-order valence-corrected chi connectivity index (χ1v) is 8.35. The predicted molar refractivity (Wildman–Crippen MR) is 101 cm³/mol. The first-order valence-electron chi connectivity index (χ1n) is 8.35. The summed E-state index contributed by atoms with van der Waals surface area (Å²) in [6.07, 6.45) is 1.95. The molecule has 0 saturated carbocycles. The van der Waals surface area contributed by atoms with E-state index in [1.165, 1.54) is 7.11 Å². The van der Waals surface area contributed by atoms with Gasteiger partial charge in [0.25, 0.3) is 0 Å². The number of carbonyl (C=O) groups is 2. The van der Waals surface area contributed by atoms with Crippen LogP contribution in [0, 0.1) is 6.92 Å². The van der Waals surface area contributed by atoms with Crippen LogP contribution in [0.1, 0.15) is 17.3 Å². The van der Waals surface area contributed by atoms with Crippen LogP contribution >= 0.6 is 0 Å². The molecule has 1 aromatic heterocycles. The molecule has 0 bridgehead atoms. The second kappa shape index (κ2) is 8.53. The van der Waals surface area contributed by atoms with E-state index in [1.54, 1.807) is 12.1 Å². The summed E-state index contributed by atoms with van der Waals surface area (Å²) >= 11 is 0. The molecule has 1 atom stereocenters. The fourth-order valence-corrected chi connectivity index (χ4v) is 2.74. The molecule has 2 amide bonds. The number of methoxy groups -OCH3 is 1. The minimum absolute atomic E-state index is 0.0414.